The summed E-state index contributed by atoms with van der Waals surface area (Å²) < 4.78 is 5.68. The second-order valence-corrected chi connectivity index (χ2v) is 7.24. The number of amides is 1. The van der Waals surface area contributed by atoms with Crippen LogP contribution in [0, 0.1) is 0 Å². The van der Waals surface area contributed by atoms with Crippen LogP contribution in [0.25, 0.3) is 0 Å². The second kappa shape index (κ2) is 6.07. The largest absolute Gasteiger partial charge is 0.455 e. The van der Waals surface area contributed by atoms with Crippen LogP contribution in [-0.4, -0.2) is 33.8 Å². The number of nitrogens with zero attached hydrogens (tertiary/aromatic N) is 2. The van der Waals surface area contributed by atoms with Crippen LogP contribution in [0.3, 0.4) is 0 Å². The van der Waals surface area contributed by atoms with Crippen LogP contribution in [0.5, 0.6) is 0 Å². The molecule has 0 atom stereocenters. The maximum absolute atomic E-state index is 12.7. The summed E-state index contributed by atoms with van der Waals surface area (Å²) in [7, 11) is 0. The van der Waals surface area contributed by atoms with Gasteiger partial charge in [0.1, 0.15) is 5.76 Å². The summed E-state index contributed by atoms with van der Waals surface area (Å²) >= 11 is 1.69. The Morgan fingerprint density at radius 3 is 3.09 bits per heavy atom. The number of rotatable bonds is 4. The van der Waals surface area contributed by atoms with E-state index in [0.717, 1.165) is 24.5 Å². The van der Waals surface area contributed by atoms with E-state index < -0.39 is 0 Å². The molecule has 0 radical (unpaired) electrons. The van der Waals surface area contributed by atoms with E-state index in [9.17, 15) is 4.79 Å². The molecular formula is C17H21N3O2S. The highest BCUT2D eigenvalue weighted by Gasteiger charge is 2.31. The Hall–Kier alpha value is -1.69. The topological polar surface area (TPSA) is 62.1 Å². The maximum atomic E-state index is 12.7. The quantitative estimate of drug-likeness (QED) is 0.933. The van der Waals surface area contributed by atoms with Crippen LogP contribution in [0.2, 0.25) is 0 Å². The molecule has 0 spiro atoms. The molecule has 2 aromatic rings. The van der Waals surface area contributed by atoms with E-state index in [4.69, 9.17) is 4.42 Å². The zero-order valence-electron chi connectivity index (χ0n) is 13.3. The molecule has 6 heteroatoms. The van der Waals surface area contributed by atoms with Gasteiger partial charge in [0.15, 0.2) is 5.76 Å². The van der Waals surface area contributed by atoms with Crippen molar-refractivity contribution in [1.29, 1.82) is 0 Å². The first-order chi connectivity index (χ1) is 11.3. The van der Waals surface area contributed by atoms with E-state index in [2.05, 4.69) is 10.2 Å². The number of carbonyl (C=O) groups is 1. The molecule has 122 valence electrons. The molecule has 2 aromatic heterocycles. The van der Waals surface area contributed by atoms with Crippen molar-refractivity contribution >= 4 is 17.7 Å². The summed E-state index contributed by atoms with van der Waals surface area (Å²) in [4.78, 5) is 14.6. The molecule has 2 aliphatic rings. The summed E-state index contributed by atoms with van der Waals surface area (Å²) in [6.07, 6.45) is 6.61. The number of furan rings is 1. The average Bonchev–Trinajstić information content (AvgIpc) is 3.13. The molecule has 1 amide bonds. The number of H-pyrrole nitrogens is 1. The number of hydrogen-bond donors (Lipinski definition) is 1. The number of carbonyl (C=O) groups excluding carboxylic acids is 1. The van der Waals surface area contributed by atoms with Gasteiger partial charge in [-0.25, -0.2) is 0 Å². The normalized spacial score (nSPS) is 17.9. The third-order valence-corrected chi connectivity index (χ3v) is 5.48. The summed E-state index contributed by atoms with van der Waals surface area (Å²) in [5.41, 5.74) is 3.63. The van der Waals surface area contributed by atoms with Gasteiger partial charge in [-0.1, -0.05) is 6.42 Å². The summed E-state index contributed by atoms with van der Waals surface area (Å²) in [6.45, 7) is 1.37. The number of fused-ring (bicyclic) bond motifs is 1. The number of aromatic nitrogens is 2. The Bertz CT molecular complexity index is 717. The fourth-order valence-corrected chi connectivity index (χ4v) is 3.82. The van der Waals surface area contributed by atoms with Crippen LogP contribution < -0.4 is 0 Å². The predicted octanol–water partition coefficient (Wildman–Crippen LogP) is 3.33. The minimum absolute atomic E-state index is 0.0104. The monoisotopic (exact) mass is 331 g/mol. The smallest absolute Gasteiger partial charge is 0.289 e. The van der Waals surface area contributed by atoms with Gasteiger partial charge in [-0.15, -0.1) is 0 Å². The van der Waals surface area contributed by atoms with Gasteiger partial charge < -0.3 is 9.32 Å². The number of nitrogens with one attached hydrogen (secondary N) is 1. The lowest BCUT2D eigenvalue weighted by atomic mass is 9.81. The maximum Gasteiger partial charge on any atom is 0.289 e. The van der Waals surface area contributed by atoms with Crippen LogP contribution in [0.4, 0.5) is 0 Å². The zero-order chi connectivity index (χ0) is 15.8. The Morgan fingerprint density at radius 2 is 2.35 bits per heavy atom. The van der Waals surface area contributed by atoms with Crippen molar-refractivity contribution in [3.8, 4) is 0 Å². The van der Waals surface area contributed by atoms with E-state index in [0.29, 0.717) is 18.2 Å². The summed E-state index contributed by atoms with van der Waals surface area (Å²) in [5, 5.41) is 7.71. The average molecular weight is 331 g/mol. The molecule has 0 saturated heterocycles. The van der Waals surface area contributed by atoms with E-state index in [1.807, 2.05) is 17.2 Å². The molecule has 4 rings (SSSR count). The van der Waals surface area contributed by atoms with Crippen molar-refractivity contribution in [1.82, 2.24) is 15.1 Å². The minimum Gasteiger partial charge on any atom is -0.455 e. The molecule has 23 heavy (non-hydrogen) atoms. The van der Waals surface area contributed by atoms with Gasteiger partial charge in [-0.3, -0.25) is 9.89 Å². The summed E-state index contributed by atoms with van der Waals surface area (Å²) in [6, 6.07) is 3.70. The molecule has 0 aromatic carbocycles. The molecule has 1 N–H and O–H groups in total. The first-order valence-corrected chi connectivity index (χ1v) is 9.58. The minimum atomic E-state index is -0.0104. The highest BCUT2D eigenvalue weighted by atomic mass is 32.2. The van der Waals surface area contributed by atoms with Crippen LogP contribution >= 0.6 is 11.8 Å². The van der Waals surface area contributed by atoms with E-state index in [1.165, 1.54) is 36.2 Å². The van der Waals surface area contributed by atoms with E-state index >= 15 is 0 Å². The Labute approximate surface area is 139 Å². The second-order valence-electron chi connectivity index (χ2n) is 6.37. The van der Waals surface area contributed by atoms with Gasteiger partial charge >= 0.3 is 0 Å². The molecule has 1 saturated carbocycles. The number of aromatic amines is 1. The van der Waals surface area contributed by atoms with Crippen molar-refractivity contribution < 1.29 is 9.21 Å². The first kappa shape index (κ1) is 14.9. The third kappa shape index (κ3) is 2.69. The molecule has 1 aliphatic heterocycles. The molecule has 3 heterocycles. The highest BCUT2D eigenvalue weighted by Crippen LogP contribution is 2.39. The van der Waals surface area contributed by atoms with Crippen molar-refractivity contribution in [3.63, 3.8) is 0 Å². The molecule has 1 aliphatic carbocycles. The molecule has 0 unspecified atom stereocenters. The fraction of sp³-hybridized carbons (Fsp3) is 0.529. The van der Waals surface area contributed by atoms with Crippen LogP contribution in [-0.2, 0) is 18.7 Å². The van der Waals surface area contributed by atoms with Gasteiger partial charge in [0, 0.05) is 36.7 Å². The van der Waals surface area contributed by atoms with E-state index in [1.54, 1.807) is 17.8 Å². The molecule has 5 nitrogen and oxygen atoms in total. The highest BCUT2D eigenvalue weighted by molar-refractivity contribution is 7.97. The third-order valence-electron chi connectivity index (χ3n) is 4.90. The zero-order valence-corrected chi connectivity index (χ0v) is 14.1. The lowest BCUT2D eigenvalue weighted by Gasteiger charge is -2.29. The summed E-state index contributed by atoms with van der Waals surface area (Å²) in [5.74, 6) is 2.68. The number of thioether (sulfide) groups is 1. The fourth-order valence-electron chi connectivity index (χ4n) is 3.38. The van der Waals surface area contributed by atoms with Gasteiger partial charge in [0.25, 0.3) is 5.91 Å². The predicted molar refractivity (Wildman–Crippen MR) is 89.6 cm³/mol. The van der Waals surface area contributed by atoms with Crippen LogP contribution in [0.1, 0.15) is 58.4 Å². The SMILES string of the molecule is CSCc1ccc(C(=O)N2CCc3[nH]nc(C4CCC4)c3C2)o1. The molecule has 1 fully saturated rings. The van der Waals surface area contributed by atoms with Crippen molar-refractivity contribution in [3.05, 3.63) is 40.6 Å². The Balaban J connectivity index is 1.52. The standard InChI is InChI=1S/C17H21N3O2S/c1-23-10-12-5-6-15(22-12)17(21)20-8-7-14-13(9-20)16(19-18-14)11-3-2-4-11/h5-6,11H,2-4,7-10H2,1H3,(H,18,19). The van der Waals surface area contributed by atoms with Gasteiger partial charge in [-0.05, 0) is 31.2 Å². The number of hydrogen-bond acceptors (Lipinski definition) is 4. The van der Waals surface area contributed by atoms with Crippen molar-refractivity contribution in [2.24, 2.45) is 0 Å². The Morgan fingerprint density at radius 1 is 1.48 bits per heavy atom. The lowest BCUT2D eigenvalue weighted by molar-refractivity contribution is 0.0699. The first-order valence-electron chi connectivity index (χ1n) is 8.19. The molecular weight excluding hydrogens is 310 g/mol. The van der Waals surface area contributed by atoms with Crippen LogP contribution in [0.15, 0.2) is 16.5 Å². The van der Waals surface area contributed by atoms with Gasteiger partial charge in [0.05, 0.1) is 11.4 Å². The molecule has 0 bridgehead atoms. The van der Waals surface area contributed by atoms with Crippen molar-refractivity contribution in [2.75, 3.05) is 12.8 Å². The van der Waals surface area contributed by atoms with E-state index in [-0.39, 0.29) is 5.91 Å². The Kier molecular flexibility index (Phi) is 3.93. The van der Waals surface area contributed by atoms with Gasteiger partial charge in [-0.2, -0.15) is 16.9 Å². The lowest BCUT2D eigenvalue weighted by Crippen LogP contribution is -2.36. The van der Waals surface area contributed by atoms with Crippen molar-refractivity contribution in [2.45, 2.75) is 43.9 Å². The van der Waals surface area contributed by atoms with Gasteiger partial charge in [0.2, 0.25) is 0 Å².